The van der Waals surface area contributed by atoms with E-state index in [1.165, 1.54) is 0 Å². The van der Waals surface area contributed by atoms with Crippen LogP contribution in [0.3, 0.4) is 0 Å². The second-order valence-electron chi connectivity index (χ2n) is 7.67. The largest absolute Gasteiger partial charge is 0.358 e. The van der Waals surface area contributed by atoms with E-state index in [9.17, 15) is 9.59 Å². The van der Waals surface area contributed by atoms with E-state index in [2.05, 4.69) is 32.2 Å². The zero-order chi connectivity index (χ0) is 20.1. The molecule has 4 N–H and O–H groups in total. The highest BCUT2D eigenvalue weighted by Gasteiger charge is 2.39. The first-order valence-corrected chi connectivity index (χ1v) is 10.2. The number of hydrogen-bond donors (Lipinski definition) is 4. The van der Waals surface area contributed by atoms with Gasteiger partial charge in [0.25, 0.3) is 0 Å². The molecule has 29 heavy (non-hydrogen) atoms. The number of carbonyl (C=O) groups is 2. The Labute approximate surface area is 169 Å². The number of ether oxygens (including phenoxy) is 1. The number of amides is 3. The average molecular weight is 397 g/mol. The van der Waals surface area contributed by atoms with Crippen LogP contribution in [-0.4, -0.2) is 35.0 Å². The number of aromatic amines is 1. The quantitative estimate of drug-likeness (QED) is 0.574. The number of rotatable bonds is 7. The molecule has 3 amide bonds. The summed E-state index contributed by atoms with van der Waals surface area (Å²) in [5.41, 5.74) is 3.18. The molecule has 2 aliphatic rings. The fraction of sp³-hybridized carbons (Fsp3) is 0.476. The molecular formula is C21H27N5O3. The van der Waals surface area contributed by atoms with Crippen molar-refractivity contribution in [2.75, 3.05) is 6.61 Å². The first-order valence-electron chi connectivity index (χ1n) is 10.2. The van der Waals surface area contributed by atoms with Gasteiger partial charge >= 0.3 is 6.03 Å². The Bertz CT molecular complexity index is 839. The van der Waals surface area contributed by atoms with Crippen LogP contribution in [0, 0.1) is 5.92 Å². The number of aryl methyl sites for hydroxylation is 1. The molecule has 0 saturated carbocycles. The number of H-pyrrole nitrogens is 1. The molecule has 1 aromatic carbocycles. The Kier molecular flexibility index (Phi) is 6.09. The molecule has 2 aliphatic heterocycles. The lowest BCUT2D eigenvalue weighted by Gasteiger charge is -2.42. The second-order valence-corrected chi connectivity index (χ2v) is 7.67. The van der Waals surface area contributed by atoms with E-state index in [1.807, 2.05) is 24.4 Å². The van der Waals surface area contributed by atoms with Gasteiger partial charge in [-0.25, -0.2) is 4.79 Å². The van der Waals surface area contributed by atoms with Crippen molar-refractivity contribution in [2.45, 2.75) is 50.9 Å². The van der Waals surface area contributed by atoms with Crippen LogP contribution < -0.4 is 16.0 Å². The van der Waals surface area contributed by atoms with Crippen molar-refractivity contribution in [1.29, 1.82) is 0 Å². The van der Waals surface area contributed by atoms with Crippen LogP contribution in [-0.2, 0) is 22.5 Å². The monoisotopic (exact) mass is 397 g/mol. The Morgan fingerprint density at radius 2 is 2.21 bits per heavy atom. The van der Waals surface area contributed by atoms with Crippen LogP contribution in [0.25, 0.3) is 0 Å². The molecule has 4 rings (SSSR count). The first kappa shape index (κ1) is 19.4. The number of fused-ring (bicyclic) bond motifs is 1. The summed E-state index contributed by atoms with van der Waals surface area (Å²) in [7, 11) is 0. The summed E-state index contributed by atoms with van der Waals surface area (Å²) in [5, 5.41) is 15.6. The summed E-state index contributed by atoms with van der Waals surface area (Å²) in [6.45, 7) is 1.16. The SMILES string of the molecule is O=C(CCCc1cn[nH]c1)NCc1cccc([C@@H]2NC(=O)N[C@H]3OCCC[C@H]32)c1. The second kappa shape index (κ2) is 9.09. The van der Waals surface area contributed by atoms with Gasteiger partial charge in [0, 0.05) is 31.7 Å². The molecule has 2 aromatic rings. The maximum absolute atomic E-state index is 12.1. The van der Waals surface area contributed by atoms with Crippen molar-refractivity contribution < 1.29 is 14.3 Å². The van der Waals surface area contributed by atoms with Gasteiger partial charge in [0.15, 0.2) is 0 Å². The van der Waals surface area contributed by atoms with Gasteiger partial charge in [-0.05, 0) is 42.4 Å². The van der Waals surface area contributed by atoms with Crippen molar-refractivity contribution in [3.05, 3.63) is 53.3 Å². The summed E-state index contributed by atoms with van der Waals surface area (Å²) in [4.78, 5) is 24.2. The smallest absolute Gasteiger partial charge is 0.317 e. The number of nitrogens with zero attached hydrogens (tertiary/aromatic N) is 1. The zero-order valence-corrected chi connectivity index (χ0v) is 16.3. The Morgan fingerprint density at radius 3 is 3.07 bits per heavy atom. The van der Waals surface area contributed by atoms with Crippen molar-refractivity contribution in [2.24, 2.45) is 5.92 Å². The van der Waals surface area contributed by atoms with Gasteiger partial charge in [-0.15, -0.1) is 0 Å². The highest BCUT2D eigenvalue weighted by molar-refractivity contribution is 5.76. The highest BCUT2D eigenvalue weighted by atomic mass is 16.5. The molecule has 0 radical (unpaired) electrons. The predicted octanol–water partition coefficient (Wildman–Crippen LogP) is 2.16. The topological polar surface area (TPSA) is 108 Å². The maximum Gasteiger partial charge on any atom is 0.317 e. The summed E-state index contributed by atoms with van der Waals surface area (Å²) in [5.74, 6) is 0.240. The number of aromatic nitrogens is 2. The van der Waals surface area contributed by atoms with Gasteiger partial charge in [-0.1, -0.05) is 24.3 Å². The van der Waals surface area contributed by atoms with Gasteiger partial charge in [0.2, 0.25) is 5.91 Å². The van der Waals surface area contributed by atoms with Gasteiger partial charge in [-0.3, -0.25) is 9.89 Å². The third-order valence-electron chi connectivity index (χ3n) is 5.58. The molecule has 0 spiro atoms. The molecule has 0 aliphatic carbocycles. The van der Waals surface area contributed by atoms with Crippen LogP contribution in [0.5, 0.6) is 0 Å². The summed E-state index contributed by atoms with van der Waals surface area (Å²) < 4.78 is 5.74. The number of nitrogens with one attached hydrogen (secondary N) is 4. The van der Waals surface area contributed by atoms with E-state index in [0.717, 1.165) is 42.4 Å². The van der Waals surface area contributed by atoms with Crippen LogP contribution >= 0.6 is 0 Å². The minimum Gasteiger partial charge on any atom is -0.358 e. The van der Waals surface area contributed by atoms with Crippen molar-refractivity contribution >= 4 is 11.9 Å². The van der Waals surface area contributed by atoms with E-state index in [-0.39, 0.29) is 30.1 Å². The molecule has 0 bridgehead atoms. The number of benzene rings is 1. The van der Waals surface area contributed by atoms with E-state index in [1.54, 1.807) is 6.20 Å². The van der Waals surface area contributed by atoms with Gasteiger partial charge in [0.1, 0.15) is 6.23 Å². The van der Waals surface area contributed by atoms with Gasteiger partial charge < -0.3 is 20.7 Å². The lowest BCUT2D eigenvalue weighted by Crippen LogP contribution is -2.58. The lowest BCUT2D eigenvalue weighted by molar-refractivity contribution is -0.121. The predicted molar refractivity (Wildman–Crippen MR) is 107 cm³/mol. The summed E-state index contributed by atoms with van der Waals surface area (Å²) in [6, 6.07) is 7.77. The highest BCUT2D eigenvalue weighted by Crippen LogP contribution is 2.34. The number of urea groups is 1. The van der Waals surface area contributed by atoms with E-state index in [4.69, 9.17) is 4.74 Å². The summed E-state index contributed by atoms with van der Waals surface area (Å²) in [6.07, 6.45) is 7.49. The minimum atomic E-state index is -0.235. The molecule has 2 fully saturated rings. The molecule has 1 aromatic heterocycles. The third-order valence-corrected chi connectivity index (χ3v) is 5.58. The first-order chi connectivity index (χ1) is 14.2. The normalized spacial score (nSPS) is 23.6. The molecule has 2 saturated heterocycles. The molecule has 0 unspecified atom stereocenters. The standard InChI is InChI=1S/C21H27N5O3/c27-18(8-2-5-15-12-23-24-13-15)22-11-14-4-1-6-16(10-14)19-17-7-3-9-29-20(17)26-21(28)25-19/h1,4,6,10,12-13,17,19-20H,2-3,5,7-9,11H2,(H,22,27)(H,23,24)(H2,25,26,28)/t17-,19-,20-/m0/s1. The van der Waals surface area contributed by atoms with E-state index in [0.29, 0.717) is 19.6 Å². The van der Waals surface area contributed by atoms with Crippen molar-refractivity contribution in [3.63, 3.8) is 0 Å². The molecule has 3 atom stereocenters. The fourth-order valence-electron chi connectivity index (χ4n) is 4.10. The Balaban J connectivity index is 1.32. The summed E-state index contributed by atoms with van der Waals surface area (Å²) >= 11 is 0. The van der Waals surface area contributed by atoms with E-state index < -0.39 is 0 Å². The number of carbonyl (C=O) groups excluding carboxylic acids is 2. The molecule has 8 nitrogen and oxygen atoms in total. The van der Waals surface area contributed by atoms with E-state index >= 15 is 0 Å². The molecule has 3 heterocycles. The zero-order valence-electron chi connectivity index (χ0n) is 16.3. The van der Waals surface area contributed by atoms with Gasteiger partial charge in [-0.2, -0.15) is 5.10 Å². The van der Waals surface area contributed by atoms with Crippen molar-refractivity contribution in [3.8, 4) is 0 Å². The average Bonchev–Trinajstić information content (AvgIpc) is 3.25. The van der Waals surface area contributed by atoms with Crippen LogP contribution in [0.1, 0.15) is 48.4 Å². The maximum atomic E-state index is 12.1. The third kappa shape index (κ3) is 4.95. The van der Waals surface area contributed by atoms with Crippen LogP contribution in [0.15, 0.2) is 36.7 Å². The van der Waals surface area contributed by atoms with Crippen LogP contribution in [0.2, 0.25) is 0 Å². The van der Waals surface area contributed by atoms with Crippen LogP contribution in [0.4, 0.5) is 4.79 Å². The lowest BCUT2D eigenvalue weighted by atomic mass is 9.85. The minimum absolute atomic E-state index is 0.0369. The molecule has 154 valence electrons. The number of hydrogen-bond acceptors (Lipinski definition) is 4. The Hall–Kier alpha value is -2.87. The molecule has 8 heteroatoms. The molecular weight excluding hydrogens is 370 g/mol. The fourth-order valence-corrected chi connectivity index (χ4v) is 4.10. The van der Waals surface area contributed by atoms with Crippen molar-refractivity contribution in [1.82, 2.24) is 26.1 Å². The van der Waals surface area contributed by atoms with Gasteiger partial charge in [0.05, 0.1) is 12.2 Å². The Morgan fingerprint density at radius 1 is 1.28 bits per heavy atom.